The monoisotopic (exact) mass is 439 g/mol. The molecule has 0 saturated carbocycles. The summed E-state index contributed by atoms with van der Waals surface area (Å²) in [5.74, 6) is 0.124. The molecule has 2 aromatic carbocycles. The molecule has 0 unspecified atom stereocenters. The van der Waals surface area contributed by atoms with E-state index in [0.717, 1.165) is 15.6 Å². The molecule has 0 aliphatic carbocycles. The van der Waals surface area contributed by atoms with Crippen LogP contribution >= 0.6 is 39.1 Å². The van der Waals surface area contributed by atoms with Crippen LogP contribution in [0.2, 0.25) is 10.0 Å². The van der Waals surface area contributed by atoms with Gasteiger partial charge < -0.3 is 9.57 Å². The summed E-state index contributed by atoms with van der Waals surface area (Å²) in [5.41, 5.74) is 2.46. The van der Waals surface area contributed by atoms with Crippen LogP contribution in [0.25, 0.3) is 6.08 Å². The Morgan fingerprint density at radius 3 is 2.72 bits per heavy atom. The molecule has 0 saturated heterocycles. The van der Waals surface area contributed by atoms with Crippen LogP contribution < -0.4 is 4.74 Å². The Labute approximate surface area is 163 Å². The molecule has 4 nitrogen and oxygen atoms in total. The third kappa shape index (κ3) is 4.24. The van der Waals surface area contributed by atoms with Gasteiger partial charge in [0, 0.05) is 25.6 Å². The van der Waals surface area contributed by atoms with E-state index < -0.39 is 5.97 Å². The van der Waals surface area contributed by atoms with Gasteiger partial charge in [-0.2, -0.15) is 0 Å². The first-order valence-electron chi connectivity index (χ1n) is 7.28. The normalized spacial score (nSPS) is 15.3. The van der Waals surface area contributed by atoms with Crippen molar-refractivity contribution in [3.05, 3.63) is 67.6 Å². The lowest BCUT2D eigenvalue weighted by Crippen LogP contribution is -2.03. The molecule has 0 N–H and O–H groups in total. The smallest absolute Gasteiger partial charge is 0.367 e. The van der Waals surface area contributed by atoms with Gasteiger partial charge in [0.15, 0.2) is 0 Å². The molecular formula is C18H12BrCl2NO3. The van der Waals surface area contributed by atoms with E-state index in [-0.39, 0.29) is 6.61 Å². The van der Waals surface area contributed by atoms with Crippen molar-refractivity contribution in [3.8, 4) is 5.75 Å². The average Bonchev–Trinajstić information content (AvgIpc) is 2.87. The summed E-state index contributed by atoms with van der Waals surface area (Å²) >= 11 is 15.5. The van der Waals surface area contributed by atoms with Crippen LogP contribution in [0.3, 0.4) is 0 Å². The fourth-order valence-corrected chi connectivity index (χ4v) is 3.07. The first kappa shape index (κ1) is 18.0. The molecule has 0 spiro atoms. The largest absolute Gasteiger partial charge is 0.488 e. The van der Waals surface area contributed by atoms with Crippen molar-refractivity contribution in [3.63, 3.8) is 0 Å². The van der Waals surface area contributed by atoms with Crippen molar-refractivity contribution >= 4 is 56.9 Å². The van der Waals surface area contributed by atoms with Crippen molar-refractivity contribution in [2.45, 2.75) is 13.5 Å². The van der Waals surface area contributed by atoms with E-state index in [0.29, 0.717) is 27.1 Å². The Hall–Kier alpha value is -1.82. The Kier molecular flexibility index (Phi) is 5.47. The molecular weight excluding hydrogens is 429 g/mol. The number of carbonyl (C=O) groups is 1. The molecule has 1 heterocycles. The van der Waals surface area contributed by atoms with Gasteiger partial charge in [-0.15, -0.1) is 0 Å². The molecule has 0 atom stereocenters. The molecule has 25 heavy (non-hydrogen) atoms. The maximum absolute atomic E-state index is 11.8. The summed E-state index contributed by atoms with van der Waals surface area (Å²) in [6.07, 6.45) is 1.69. The number of nitrogens with zero attached hydrogens (tertiary/aromatic N) is 1. The minimum absolute atomic E-state index is 0.269. The third-order valence-electron chi connectivity index (χ3n) is 3.55. The number of oxime groups is 1. The first-order chi connectivity index (χ1) is 11.9. The predicted octanol–water partition coefficient (Wildman–Crippen LogP) is 5.65. The van der Waals surface area contributed by atoms with Gasteiger partial charge in [-0.05, 0) is 43.3 Å². The summed E-state index contributed by atoms with van der Waals surface area (Å²) in [6, 6.07) is 10.8. The molecule has 0 amide bonds. The second-order valence-electron chi connectivity index (χ2n) is 5.32. The molecule has 0 radical (unpaired) electrons. The van der Waals surface area contributed by atoms with Crippen LogP contribution in [0.15, 0.2) is 51.6 Å². The molecule has 3 rings (SSSR count). The van der Waals surface area contributed by atoms with Gasteiger partial charge in [0.1, 0.15) is 12.4 Å². The Bertz CT molecular complexity index is 909. The van der Waals surface area contributed by atoms with Crippen LogP contribution in [0, 0.1) is 0 Å². The zero-order valence-electron chi connectivity index (χ0n) is 13.1. The summed E-state index contributed by atoms with van der Waals surface area (Å²) < 4.78 is 6.75. The highest BCUT2D eigenvalue weighted by Gasteiger charge is 2.22. The maximum Gasteiger partial charge on any atom is 0.367 e. The van der Waals surface area contributed by atoms with Crippen LogP contribution in [-0.2, 0) is 16.2 Å². The fraction of sp³-hybridized carbons (Fsp3) is 0.111. The number of carbonyl (C=O) groups excluding carboxylic acids is 1. The van der Waals surface area contributed by atoms with E-state index in [2.05, 4.69) is 25.9 Å². The Morgan fingerprint density at radius 1 is 1.24 bits per heavy atom. The van der Waals surface area contributed by atoms with E-state index in [1.165, 1.54) is 0 Å². The van der Waals surface area contributed by atoms with Crippen LogP contribution in [0.1, 0.15) is 18.1 Å². The van der Waals surface area contributed by atoms with Gasteiger partial charge in [0.2, 0.25) is 0 Å². The lowest BCUT2D eigenvalue weighted by molar-refractivity contribution is -0.136. The van der Waals surface area contributed by atoms with Gasteiger partial charge in [0.25, 0.3) is 0 Å². The van der Waals surface area contributed by atoms with Crippen molar-refractivity contribution in [1.29, 1.82) is 0 Å². The SMILES string of the molecule is CC1=NOC(=O)/C1=C/c1cc(Br)ccc1OCc1ccc(Cl)cc1Cl. The van der Waals surface area contributed by atoms with E-state index in [9.17, 15) is 4.79 Å². The summed E-state index contributed by atoms with van der Waals surface area (Å²) in [7, 11) is 0. The fourth-order valence-electron chi connectivity index (χ4n) is 2.23. The highest BCUT2D eigenvalue weighted by Crippen LogP contribution is 2.29. The topological polar surface area (TPSA) is 47.9 Å². The second-order valence-corrected chi connectivity index (χ2v) is 7.08. The van der Waals surface area contributed by atoms with Crippen LogP contribution in [-0.4, -0.2) is 11.7 Å². The van der Waals surface area contributed by atoms with Gasteiger partial charge in [0.05, 0.1) is 11.3 Å². The second kappa shape index (κ2) is 7.60. The summed E-state index contributed by atoms with van der Waals surface area (Å²) in [4.78, 5) is 16.4. The zero-order chi connectivity index (χ0) is 18.0. The van der Waals surface area contributed by atoms with Crippen molar-refractivity contribution in [2.24, 2.45) is 5.16 Å². The number of hydrogen-bond donors (Lipinski definition) is 0. The molecule has 128 valence electrons. The van der Waals surface area contributed by atoms with Crippen molar-refractivity contribution < 1.29 is 14.4 Å². The average molecular weight is 441 g/mol. The molecule has 0 bridgehead atoms. The standard InChI is InChI=1S/C18H12BrCl2NO3/c1-10-15(18(23)25-22-10)7-12-6-13(19)3-5-17(12)24-9-11-2-4-14(20)8-16(11)21/h2-8H,9H2,1H3/b15-7+. The Balaban J connectivity index is 1.88. The minimum Gasteiger partial charge on any atom is -0.488 e. The molecule has 0 aromatic heterocycles. The quantitative estimate of drug-likeness (QED) is 0.455. The first-order valence-corrected chi connectivity index (χ1v) is 8.83. The maximum atomic E-state index is 11.8. The van der Waals surface area contributed by atoms with Gasteiger partial charge in [-0.25, -0.2) is 4.79 Å². The molecule has 7 heteroatoms. The highest BCUT2D eigenvalue weighted by atomic mass is 79.9. The highest BCUT2D eigenvalue weighted by molar-refractivity contribution is 9.10. The van der Waals surface area contributed by atoms with Crippen molar-refractivity contribution in [1.82, 2.24) is 0 Å². The zero-order valence-corrected chi connectivity index (χ0v) is 16.2. The number of ether oxygens (including phenoxy) is 1. The van der Waals surface area contributed by atoms with Crippen LogP contribution in [0.5, 0.6) is 5.75 Å². The predicted molar refractivity (Wildman–Crippen MR) is 102 cm³/mol. The van der Waals surface area contributed by atoms with Gasteiger partial charge >= 0.3 is 5.97 Å². The van der Waals surface area contributed by atoms with E-state index >= 15 is 0 Å². The number of rotatable bonds is 4. The molecule has 0 fully saturated rings. The van der Waals surface area contributed by atoms with E-state index in [1.807, 2.05) is 24.3 Å². The van der Waals surface area contributed by atoms with Crippen molar-refractivity contribution in [2.75, 3.05) is 0 Å². The van der Waals surface area contributed by atoms with Crippen LogP contribution in [0.4, 0.5) is 0 Å². The third-order valence-corrected chi connectivity index (χ3v) is 4.63. The lowest BCUT2D eigenvalue weighted by Gasteiger charge is -2.11. The van der Waals surface area contributed by atoms with Gasteiger partial charge in [-0.1, -0.05) is 50.4 Å². The molecule has 2 aromatic rings. The molecule has 1 aliphatic rings. The minimum atomic E-state index is -0.482. The number of benzene rings is 2. The number of hydrogen-bond acceptors (Lipinski definition) is 4. The van der Waals surface area contributed by atoms with Gasteiger partial charge in [-0.3, -0.25) is 0 Å². The number of halogens is 3. The summed E-state index contributed by atoms with van der Waals surface area (Å²) in [6.45, 7) is 1.98. The van der Waals surface area contributed by atoms with E-state index in [4.69, 9.17) is 27.9 Å². The Morgan fingerprint density at radius 2 is 2.04 bits per heavy atom. The van der Waals surface area contributed by atoms with E-state index in [1.54, 1.807) is 25.1 Å². The summed E-state index contributed by atoms with van der Waals surface area (Å²) in [5, 5.41) is 4.78. The molecule has 1 aliphatic heterocycles. The lowest BCUT2D eigenvalue weighted by atomic mass is 10.1.